The van der Waals surface area contributed by atoms with Crippen molar-refractivity contribution in [3.05, 3.63) is 63.4 Å². The highest BCUT2D eigenvalue weighted by molar-refractivity contribution is 8.26. The number of carbonyl (C=O) groups is 1. The van der Waals surface area contributed by atoms with Gasteiger partial charge in [0.2, 0.25) is 0 Å². The number of carbonyl (C=O) groups excluding carboxylic acids is 1. The number of hydrogen-bond donors (Lipinski definition) is 1. The van der Waals surface area contributed by atoms with Crippen molar-refractivity contribution in [3.63, 3.8) is 0 Å². The summed E-state index contributed by atoms with van der Waals surface area (Å²) in [7, 11) is 1.57. The number of amides is 1. The fraction of sp³-hybridized carbons (Fsp3) is 0.318. The SMILES string of the molecule is COCCN1C(=O)/C(=C\c2c(NCCCn3ccnc3)nc3c(C)cccn3c2=O)SC1=S. The molecule has 11 heteroatoms. The second-order valence-corrected chi connectivity index (χ2v) is 9.15. The van der Waals surface area contributed by atoms with Gasteiger partial charge in [0.15, 0.2) is 0 Å². The Morgan fingerprint density at radius 1 is 1.27 bits per heavy atom. The molecule has 3 aromatic heterocycles. The van der Waals surface area contributed by atoms with Gasteiger partial charge in [-0.2, -0.15) is 0 Å². The number of nitrogens with zero attached hydrogens (tertiary/aromatic N) is 5. The van der Waals surface area contributed by atoms with Crippen LogP contribution in [0.5, 0.6) is 0 Å². The number of nitrogens with one attached hydrogen (secondary N) is 1. The largest absolute Gasteiger partial charge is 0.383 e. The van der Waals surface area contributed by atoms with Gasteiger partial charge in [0, 0.05) is 38.8 Å². The van der Waals surface area contributed by atoms with Gasteiger partial charge >= 0.3 is 0 Å². The van der Waals surface area contributed by atoms with Gasteiger partial charge in [-0.3, -0.25) is 18.9 Å². The minimum absolute atomic E-state index is 0.234. The van der Waals surface area contributed by atoms with E-state index in [0.717, 1.165) is 18.5 Å². The van der Waals surface area contributed by atoms with Gasteiger partial charge < -0.3 is 14.6 Å². The zero-order valence-corrected chi connectivity index (χ0v) is 20.0. The first-order valence-corrected chi connectivity index (χ1v) is 11.7. The summed E-state index contributed by atoms with van der Waals surface area (Å²) >= 11 is 6.54. The van der Waals surface area contributed by atoms with E-state index < -0.39 is 0 Å². The number of aryl methyl sites for hydroxylation is 2. The Balaban J connectivity index is 1.66. The van der Waals surface area contributed by atoms with E-state index in [-0.39, 0.29) is 11.5 Å². The number of pyridine rings is 1. The molecule has 1 N–H and O–H groups in total. The summed E-state index contributed by atoms with van der Waals surface area (Å²) in [5, 5.41) is 3.29. The molecule has 1 amide bonds. The van der Waals surface area contributed by atoms with E-state index in [0.29, 0.717) is 46.0 Å². The Morgan fingerprint density at radius 2 is 2.12 bits per heavy atom. The van der Waals surface area contributed by atoms with Gasteiger partial charge in [0.25, 0.3) is 11.5 Å². The highest BCUT2D eigenvalue weighted by Crippen LogP contribution is 2.32. The normalized spacial score (nSPS) is 15.2. The Bertz CT molecular complexity index is 1270. The Kier molecular flexibility index (Phi) is 7.21. The molecular formula is C22H24N6O3S2. The zero-order chi connectivity index (χ0) is 23.4. The summed E-state index contributed by atoms with van der Waals surface area (Å²) in [5.41, 5.74) is 1.54. The van der Waals surface area contributed by atoms with E-state index >= 15 is 0 Å². The van der Waals surface area contributed by atoms with Crippen LogP contribution in [0.1, 0.15) is 17.5 Å². The fourth-order valence-electron chi connectivity index (χ4n) is 3.47. The Labute approximate surface area is 200 Å². The van der Waals surface area contributed by atoms with Crippen LogP contribution in [0.15, 0.2) is 46.8 Å². The fourth-order valence-corrected chi connectivity index (χ4v) is 4.76. The highest BCUT2D eigenvalue weighted by Gasteiger charge is 2.32. The Hall–Kier alpha value is -3.02. The maximum atomic E-state index is 13.4. The third-order valence-corrected chi connectivity index (χ3v) is 6.57. The van der Waals surface area contributed by atoms with Gasteiger partial charge in [-0.05, 0) is 31.1 Å². The first kappa shape index (κ1) is 23.1. The maximum absolute atomic E-state index is 13.4. The lowest BCUT2D eigenvalue weighted by atomic mass is 10.2. The second kappa shape index (κ2) is 10.3. The molecule has 0 atom stereocenters. The summed E-state index contributed by atoms with van der Waals surface area (Å²) in [6.45, 7) is 4.04. The number of rotatable bonds is 9. The lowest BCUT2D eigenvalue weighted by Crippen LogP contribution is -2.31. The summed E-state index contributed by atoms with van der Waals surface area (Å²) in [5.74, 6) is 0.212. The quantitative estimate of drug-likeness (QED) is 0.281. The van der Waals surface area contributed by atoms with E-state index in [1.54, 1.807) is 38.0 Å². The molecule has 0 spiro atoms. The molecular weight excluding hydrogens is 460 g/mol. The molecule has 172 valence electrons. The van der Waals surface area contributed by atoms with Crippen molar-refractivity contribution in [2.45, 2.75) is 19.9 Å². The lowest BCUT2D eigenvalue weighted by molar-refractivity contribution is -0.122. The number of thioether (sulfide) groups is 1. The van der Waals surface area contributed by atoms with Crippen LogP contribution < -0.4 is 10.9 Å². The molecule has 1 aliphatic heterocycles. The Morgan fingerprint density at radius 3 is 2.88 bits per heavy atom. The van der Waals surface area contributed by atoms with Crippen molar-refractivity contribution in [1.82, 2.24) is 23.8 Å². The molecule has 33 heavy (non-hydrogen) atoms. The van der Waals surface area contributed by atoms with Crippen molar-refractivity contribution >= 4 is 51.7 Å². The van der Waals surface area contributed by atoms with Gasteiger partial charge in [-0.15, -0.1) is 0 Å². The molecule has 0 bridgehead atoms. The third kappa shape index (κ3) is 5.00. The van der Waals surface area contributed by atoms with Crippen LogP contribution in [0.3, 0.4) is 0 Å². The molecule has 4 rings (SSSR count). The first-order valence-electron chi connectivity index (χ1n) is 10.5. The smallest absolute Gasteiger partial charge is 0.267 e. The molecule has 0 radical (unpaired) electrons. The van der Waals surface area contributed by atoms with Crippen molar-refractivity contribution < 1.29 is 9.53 Å². The van der Waals surface area contributed by atoms with Gasteiger partial charge in [-0.1, -0.05) is 30.0 Å². The highest BCUT2D eigenvalue weighted by atomic mass is 32.2. The number of thiocarbonyl (C=S) groups is 1. The van der Waals surface area contributed by atoms with Crippen LogP contribution in [0, 0.1) is 6.92 Å². The molecule has 9 nitrogen and oxygen atoms in total. The van der Waals surface area contributed by atoms with Gasteiger partial charge in [0.05, 0.1) is 29.9 Å². The van der Waals surface area contributed by atoms with Gasteiger partial charge in [0.1, 0.15) is 15.8 Å². The number of ether oxygens (including phenoxy) is 1. The van der Waals surface area contributed by atoms with Crippen LogP contribution >= 0.6 is 24.0 Å². The van der Waals surface area contributed by atoms with Crippen molar-refractivity contribution in [2.24, 2.45) is 0 Å². The molecule has 1 saturated heterocycles. The van der Waals surface area contributed by atoms with Crippen molar-refractivity contribution in [3.8, 4) is 0 Å². The molecule has 0 aliphatic carbocycles. The van der Waals surface area contributed by atoms with Gasteiger partial charge in [-0.25, -0.2) is 9.97 Å². The zero-order valence-electron chi connectivity index (χ0n) is 18.4. The summed E-state index contributed by atoms with van der Waals surface area (Å²) in [6, 6.07) is 3.71. The predicted octanol–water partition coefficient (Wildman–Crippen LogP) is 2.55. The molecule has 1 aliphatic rings. The number of methoxy groups -OCH3 is 1. The molecule has 0 aromatic carbocycles. The molecule has 4 heterocycles. The number of fused-ring (bicyclic) bond motifs is 1. The van der Waals surface area contributed by atoms with Crippen LogP contribution in [-0.2, 0) is 16.1 Å². The summed E-state index contributed by atoms with van der Waals surface area (Å²) < 4.78 is 9.01. The molecule has 0 saturated carbocycles. The van der Waals surface area contributed by atoms with Crippen LogP contribution in [0.4, 0.5) is 5.82 Å². The predicted molar refractivity (Wildman–Crippen MR) is 133 cm³/mol. The van der Waals surface area contributed by atoms with E-state index in [2.05, 4.69) is 10.3 Å². The second-order valence-electron chi connectivity index (χ2n) is 7.47. The van der Waals surface area contributed by atoms with Crippen LogP contribution in [0.2, 0.25) is 0 Å². The van der Waals surface area contributed by atoms with Crippen LogP contribution in [-0.4, -0.2) is 60.9 Å². The van der Waals surface area contributed by atoms with Crippen molar-refractivity contribution in [2.75, 3.05) is 32.1 Å². The van der Waals surface area contributed by atoms with E-state index in [4.69, 9.17) is 21.9 Å². The maximum Gasteiger partial charge on any atom is 0.267 e. The number of hydrogen-bond acceptors (Lipinski definition) is 8. The molecule has 1 fully saturated rings. The van der Waals surface area contributed by atoms with E-state index in [9.17, 15) is 9.59 Å². The number of imidazole rings is 1. The van der Waals surface area contributed by atoms with Crippen LogP contribution in [0.25, 0.3) is 11.7 Å². The summed E-state index contributed by atoms with van der Waals surface area (Å²) in [6.07, 6.45) is 9.49. The van der Waals surface area contributed by atoms with E-state index in [1.165, 1.54) is 21.1 Å². The number of aromatic nitrogens is 4. The van der Waals surface area contributed by atoms with Crippen molar-refractivity contribution in [1.29, 1.82) is 0 Å². The third-order valence-electron chi connectivity index (χ3n) is 5.20. The number of anilines is 1. The summed E-state index contributed by atoms with van der Waals surface area (Å²) in [4.78, 5) is 36.9. The topological polar surface area (TPSA) is 93.8 Å². The average Bonchev–Trinajstić information content (AvgIpc) is 3.41. The monoisotopic (exact) mass is 484 g/mol. The lowest BCUT2D eigenvalue weighted by Gasteiger charge is -2.13. The molecule has 3 aromatic rings. The standard InChI is InChI=1S/C22H24N6O3S2/c1-15-5-3-9-27-19(15)25-18(24-6-4-8-26-10-7-23-14-26)16(20(27)29)13-17-21(30)28(11-12-31-2)22(32)33-17/h3,5,7,9-10,13-14,24H,4,6,8,11-12H2,1-2H3/b17-13+. The molecule has 0 unspecified atom stereocenters. The first-order chi connectivity index (χ1) is 16.0. The average molecular weight is 485 g/mol. The minimum atomic E-state index is -0.247. The minimum Gasteiger partial charge on any atom is -0.383 e. The van der Waals surface area contributed by atoms with E-state index in [1.807, 2.05) is 23.8 Å².